The van der Waals surface area contributed by atoms with Crippen LogP contribution >= 0.6 is 0 Å². The largest absolute Gasteiger partial charge is 0.391 e. The number of hydrogen-bond acceptors (Lipinski definition) is 6. The van der Waals surface area contributed by atoms with Crippen molar-refractivity contribution in [2.24, 2.45) is 5.92 Å². The molecule has 3 rings (SSSR count). The maximum Gasteiger partial charge on any atom is 0.273 e. The van der Waals surface area contributed by atoms with E-state index in [-0.39, 0.29) is 17.5 Å². The first kappa shape index (κ1) is 13.7. The Balaban J connectivity index is 1.62. The molecule has 0 bridgehead atoms. The van der Waals surface area contributed by atoms with E-state index in [1.54, 1.807) is 24.5 Å². The number of pyridine rings is 1. The van der Waals surface area contributed by atoms with Crippen LogP contribution in [0, 0.1) is 5.92 Å². The topological polar surface area (TPSA) is 100 Å². The van der Waals surface area contributed by atoms with Gasteiger partial charge >= 0.3 is 0 Å². The van der Waals surface area contributed by atoms with E-state index in [0.29, 0.717) is 25.4 Å². The summed E-state index contributed by atoms with van der Waals surface area (Å²) in [4.78, 5) is 16.0. The number of nitrogens with one attached hydrogen (secondary N) is 2. The van der Waals surface area contributed by atoms with E-state index in [2.05, 4.69) is 20.8 Å². The molecular weight excluding hydrogens is 272 g/mol. The number of carbonyl (C=O) groups excluding carboxylic acids is 1. The lowest BCUT2D eigenvalue weighted by atomic mass is 10.1. The lowest BCUT2D eigenvalue weighted by Crippen LogP contribution is -2.34. The number of amides is 1. The monoisotopic (exact) mass is 288 g/mol. The van der Waals surface area contributed by atoms with Gasteiger partial charge in [-0.3, -0.25) is 9.78 Å². The standard InChI is InChI=1S/C14H16N4O3/c19-12-8-16-6-10(12)7-17-14(20)11-4-13(21-18-11)9-2-1-3-15-5-9/h1-5,10,12,16,19H,6-8H2,(H,17,20). The van der Waals surface area contributed by atoms with Gasteiger partial charge in [0.05, 0.1) is 6.10 Å². The predicted molar refractivity (Wildman–Crippen MR) is 74.4 cm³/mol. The van der Waals surface area contributed by atoms with Crippen molar-refractivity contribution in [3.63, 3.8) is 0 Å². The zero-order chi connectivity index (χ0) is 14.7. The molecule has 3 N–H and O–H groups in total. The van der Waals surface area contributed by atoms with E-state index in [0.717, 1.165) is 5.56 Å². The van der Waals surface area contributed by atoms with Gasteiger partial charge in [-0.05, 0) is 12.1 Å². The molecule has 1 fully saturated rings. The number of rotatable bonds is 4. The zero-order valence-electron chi connectivity index (χ0n) is 11.3. The molecule has 0 aliphatic carbocycles. The summed E-state index contributed by atoms with van der Waals surface area (Å²) in [6.45, 7) is 1.67. The minimum Gasteiger partial charge on any atom is -0.391 e. The summed E-state index contributed by atoms with van der Waals surface area (Å²) in [7, 11) is 0. The summed E-state index contributed by atoms with van der Waals surface area (Å²) in [5.74, 6) is 0.211. The van der Waals surface area contributed by atoms with E-state index in [1.165, 1.54) is 0 Å². The Bertz CT molecular complexity index is 614. The third kappa shape index (κ3) is 3.09. The molecule has 0 saturated carbocycles. The summed E-state index contributed by atoms with van der Waals surface area (Å²) in [6.07, 6.45) is 2.88. The molecule has 2 aromatic rings. The fourth-order valence-electron chi connectivity index (χ4n) is 2.27. The molecular formula is C14H16N4O3. The van der Waals surface area contributed by atoms with E-state index in [9.17, 15) is 9.90 Å². The number of hydrogen-bond donors (Lipinski definition) is 3. The number of aliphatic hydroxyl groups is 1. The highest BCUT2D eigenvalue weighted by molar-refractivity contribution is 5.93. The van der Waals surface area contributed by atoms with Gasteiger partial charge in [-0.25, -0.2) is 0 Å². The average Bonchev–Trinajstić information content (AvgIpc) is 3.15. The molecule has 0 aromatic carbocycles. The Morgan fingerprint density at radius 2 is 2.43 bits per heavy atom. The van der Waals surface area contributed by atoms with Gasteiger partial charge in [-0.2, -0.15) is 0 Å². The third-order valence-corrected chi connectivity index (χ3v) is 3.52. The Morgan fingerprint density at radius 1 is 1.52 bits per heavy atom. The Kier molecular flexibility index (Phi) is 3.94. The van der Waals surface area contributed by atoms with Gasteiger partial charge in [-0.1, -0.05) is 5.16 Å². The minimum absolute atomic E-state index is 0.0265. The van der Waals surface area contributed by atoms with Crippen molar-refractivity contribution in [2.75, 3.05) is 19.6 Å². The third-order valence-electron chi connectivity index (χ3n) is 3.52. The van der Waals surface area contributed by atoms with Gasteiger partial charge in [0.2, 0.25) is 0 Å². The average molecular weight is 288 g/mol. The van der Waals surface area contributed by atoms with E-state index >= 15 is 0 Å². The molecule has 110 valence electrons. The maximum absolute atomic E-state index is 12.0. The number of aliphatic hydroxyl groups excluding tert-OH is 1. The zero-order valence-corrected chi connectivity index (χ0v) is 11.3. The van der Waals surface area contributed by atoms with Crippen LogP contribution in [0.5, 0.6) is 0 Å². The van der Waals surface area contributed by atoms with Crippen LogP contribution in [0.25, 0.3) is 11.3 Å². The molecule has 3 heterocycles. The smallest absolute Gasteiger partial charge is 0.273 e. The van der Waals surface area contributed by atoms with Crippen LogP contribution in [0.15, 0.2) is 35.1 Å². The molecule has 1 aliphatic heterocycles. The number of β-amino-alcohol motifs (C(OH)–C–C–N with tert-alkyl or cyclic N) is 1. The fourth-order valence-corrected chi connectivity index (χ4v) is 2.27. The molecule has 7 heteroatoms. The molecule has 0 radical (unpaired) electrons. The van der Waals surface area contributed by atoms with E-state index in [1.807, 2.05) is 6.07 Å². The molecule has 1 saturated heterocycles. The number of nitrogens with zero attached hydrogens (tertiary/aromatic N) is 2. The van der Waals surface area contributed by atoms with Crippen LogP contribution in [-0.2, 0) is 0 Å². The van der Waals surface area contributed by atoms with Crippen molar-refractivity contribution < 1.29 is 14.4 Å². The predicted octanol–water partition coefficient (Wildman–Crippen LogP) is 0.0467. The minimum atomic E-state index is -0.423. The lowest BCUT2D eigenvalue weighted by Gasteiger charge is -2.13. The Hall–Kier alpha value is -2.25. The van der Waals surface area contributed by atoms with Crippen LogP contribution in [0.4, 0.5) is 0 Å². The first-order valence-corrected chi connectivity index (χ1v) is 6.78. The summed E-state index contributed by atoms with van der Waals surface area (Å²) in [5.41, 5.74) is 0.980. The van der Waals surface area contributed by atoms with Crippen LogP contribution in [-0.4, -0.2) is 46.9 Å². The molecule has 2 aromatic heterocycles. The van der Waals surface area contributed by atoms with Crippen LogP contribution in [0.3, 0.4) is 0 Å². The highest BCUT2D eigenvalue weighted by atomic mass is 16.5. The number of aromatic nitrogens is 2. The maximum atomic E-state index is 12.0. The molecule has 2 atom stereocenters. The molecule has 2 unspecified atom stereocenters. The van der Waals surface area contributed by atoms with Crippen molar-refractivity contribution in [3.8, 4) is 11.3 Å². The Morgan fingerprint density at radius 3 is 3.14 bits per heavy atom. The SMILES string of the molecule is O=C(NCC1CNCC1O)c1cc(-c2cccnc2)on1. The lowest BCUT2D eigenvalue weighted by molar-refractivity contribution is 0.0918. The second-order valence-electron chi connectivity index (χ2n) is 5.01. The summed E-state index contributed by atoms with van der Waals surface area (Å²) < 4.78 is 5.15. The quantitative estimate of drug-likeness (QED) is 0.735. The van der Waals surface area contributed by atoms with Crippen molar-refractivity contribution in [3.05, 3.63) is 36.3 Å². The van der Waals surface area contributed by atoms with Crippen molar-refractivity contribution in [1.82, 2.24) is 20.8 Å². The normalized spacial score (nSPS) is 21.4. The van der Waals surface area contributed by atoms with Crippen LogP contribution < -0.4 is 10.6 Å². The fraction of sp³-hybridized carbons (Fsp3) is 0.357. The second kappa shape index (κ2) is 6.02. The van der Waals surface area contributed by atoms with Gasteiger partial charge in [0.1, 0.15) is 0 Å². The molecule has 0 spiro atoms. The van der Waals surface area contributed by atoms with Gasteiger partial charge in [-0.15, -0.1) is 0 Å². The summed E-state index contributed by atoms with van der Waals surface area (Å²) in [6, 6.07) is 5.19. The number of carbonyl (C=O) groups is 1. The molecule has 7 nitrogen and oxygen atoms in total. The molecule has 21 heavy (non-hydrogen) atoms. The van der Waals surface area contributed by atoms with Gasteiger partial charge < -0.3 is 20.3 Å². The first-order chi connectivity index (χ1) is 10.2. The van der Waals surface area contributed by atoms with Crippen LogP contribution in [0.2, 0.25) is 0 Å². The summed E-state index contributed by atoms with van der Waals surface area (Å²) in [5, 5.41) is 19.3. The second-order valence-corrected chi connectivity index (χ2v) is 5.01. The van der Waals surface area contributed by atoms with Crippen molar-refractivity contribution >= 4 is 5.91 Å². The molecule has 1 aliphatic rings. The van der Waals surface area contributed by atoms with Crippen molar-refractivity contribution in [1.29, 1.82) is 0 Å². The molecule has 1 amide bonds. The Labute approximate surface area is 121 Å². The highest BCUT2D eigenvalue weighted by Gasteiger charge is 2.25. The van der Waals surface area contributed by atoms with Crippen LogP contribution in [0.1, 0.15) is 10.5 Å². The van der Waals surface area contributed by atoms with Gasteiger partial charge in [0, 0.05) is 49.6 Å². The highest BCUT2D eigenvalue weighted by Crippen LogP contribution is 2.18. The van der Waals surface area contributed by atoms with Gasteiger partial charge in [0.15, 0.2) is 11.5 Å². The van der Waals surface area contributed by atoms with Crippen molar-refractivity contribution in [2.45, 2.75) is 6.10 Å². The van der Waals surface area contributed by atoms with E-state index in [4.69, 9.17) is 4.52 Å². The first-order valence-electron chi connectivity index (χ1n) is 6.78. The van der Waals surface area contributed by atoms with Gasteiger partial charge in [0.25, 0.3) is 5.91 Å². The summed E-state index contributed by atoms with van der Waals surface area (Å²) >= 11 is 0. The van der Waals surface area contributed by atoms with E-state index < -0.39 is 6.10 Å².